The van der Waals surface area contributed by atoms with Crippen LogP contribution in [-0.2, 0) is 9.53 Å². The van der Waals surface area contributed by atoms with Crippen LogP contribution in [0.25, 0.3) is 6.08 Å². The summed E-state index contributed by atoms with van der Waals surface area (Å²) >= 11 is 0. The van der Waals surface area contributed by atoms with Crippen molar-refractivity contribution < 1.29 is 33.3 Å². The molecule has 1 aliphatic heterocycles. The maximum Gasteiger partial charge on any atom is 0.267 e. The Labute approximate surface area is 234 Å². The summed E-state index contributed by atoms with van der Waals surface area (Å²) in [6.07, 6.45) is 3.47. The van der Waals surface area contributed by atoms with E-state index in [1.165, 1.54) is 0 Å². The molecule has 0 aromatic heterocycles. The van der Waals surface area contributed by atoms with Gasteiger partial charge in [-0.1, -0.05) is 24.3 Å². The fourth-order valence-corrected chi connectivity index (χ4v) is 4.08. The molecule has 0 aliphatic carbocycles. The second kappa shape index (κ2) is 14.6. The van der Waals surface area contributed by atoms with Crippen molar-refractivity contribution in [1.82, 2.24) is 10.6 Å². The van der Waals surface area contributed by atoms with E-state index in [-0.39, 0.29) is 11.8 Å². The number of amides is 2. The minimum atomic E-state index is -0.406. The summed E-state index contributed by atoms with van der Waals surface area (Å²) in [5.41, 5.74) is 1.24. The summed E-state index contributed by atoms with van der Waals surface area (Å²) in [7, 11) is 3.15. The Morgan fingerprint density at radius 1 is 0.875 bits per heavy atom. The molecule has 1 atom stereocenters. The average Bonchev–Trinajstić information content (AvgIpc) is 3.52. The van der Waals surface area contributed by atoms with Crippen molar-refractivity contribution in [3.05, 3.63) is 89.6 Å². The first-order valence-electron chi connectivity index (χ1n) is 13.1. The second-order valence-corrected chi connectivity index (χ2v) is 9.00. The molecule has 0 saturated carbocycles. The molecule has 9 nitrogen and oxygen atoms in total. The highest BCUT2D eigenvalue weighted by molar-refractivity contribution is 6.05. The molecule has 1 unspecified atom stereocenters. The zero-order valence-electron chi connectivity index (χ0n) is 22.7. The number of hydrogen-bond acceptors (Lipinski definition) is 7. The lowest BCUT2D eigenvalue weighted by molar-refractivity contribution is -0.118. The van der Waals surface area contributed by atoms with Crippen molar-refractivity contribution in [2.75, 3.05) is 40.6 Å². The molecule has 2 amide bonds. The van der Waals surface area contributed by atoms with Crippen LogP contribution in [0, 0.1) is 0 Å². The first-order chi connectivity index (χ1) is 19.6. The third-order valence-corrected chi connectivity index (χ3v) is 6.23. The third kappa shape index (κ3) is 8.25. The van der Waals surface area contributed by atoms with Crippen molar-refractivity contribution in [2.24, 2.45) is 0 Å². The highest BCUT2D eigenvalue weighted by Gasteiger charge is 2.19. The van der Waals surface area contributed by atoms with Crippen LogP contribution < -0.4 is 29.6 Å². The number of carbonyl (C=O) groups excluding carboxylic acids is 2. The lowest BCUT2D eigenvalue weighted by atomic mass is 10.1. The number of benzene rings is 3. The molecule has 3 aromatic rings. The molecule has 0 radical (unpaired) electrons. The Hall–Kier alpha value is -4.50. The fourth-order valence-electron chi connectivity index (χ4n) is 4.08. The predicted molar refractivity (Wildman–Crippen MR) is 151 cm³/mol. The Morgan fingerprint density at radius 2 is 1.57 bits per heavy atom. The Balaban J connectivity index is 1.38. The maximum absolute atomic E-state index is 13.1. The zero-order chi connectivity index (χ0) is 28.2. The van der Waals surface area contributed by atoms with E-state index in [1.807, 2.05) is 36.4 Å². The lowest BCUT2D eigenvalue weighted by Crippen LogP contribution is -2.38. The topological polar surface area (TPSA) is 104 Å². The van der Waals surface area contributed by atoms with Gasteiger partial charge in [0, 0.05) is 18.7 Å². The van der Waals surface area contributed by atoms with Crippen LogP contribution in [0.3, 0.4) is 0 Å². The molecule has 1 aliphatic rings. The van der Waals surface area contributed by atoms with Gasteiger partial charge in [-0.05, 0) is 73.0 Å². The van der Waals surface area contributed by atoms with Crippen molar-refractivity contribution in [3.63, 3.8) is 0 Å². The van der Waals surface area contributed by atoms with Gasteiger partial charge >= 0.3 is 0 Å². The van der Waals surface area contributed by atoms with Crippen molar-refractivity contribution in [1.29, 1.82) is 0 Å². The highest BCUT2D eigenvalue weighted by Crippen LogP contribution is 2.25. The molecule has 3 aromatic carbocycles. The minimum absolute atomic E-state index is 0.0223. The van der Waals surface area contributed by atoms with Crippen LogP contribution >= 0.6 is 0 Å². The lowest BCUT2D eigenvalue weighted by Gasteiger charge is -2.14. The van der Waals surface area contributed by atoms with Gasteiger partial charge in [0.05, 0.1) is 20.3 Å². The fraction of sp³-hybridized carbons (Fsp3) is 0.290. The number of nitrogens with one attached hydrogen (secondary N) is 2. The van der Waals surface area contributed by atoms with E-state index in [1.54, 1.807) is 56.7 Å². The largest absolute Gasteiger partial charge is 0.497 e. The number of para-hydroxylation sites is 2. The van der Waals surface area contributed by atoms with Gasteiger partial charge in [0.25, 0.3) is 11.8 Å². The van der Waals surface area contributed by atoms with Gasteiger partial charge in [0.1, 0.15) is 30.4 Å². The van der Waals surface area contributed by atoms with Crippen LogP contribution in [0.15, 0.2) is 78.5 Å². The molecular formula is C31H34N2O7. The zero-order valence-corrected chi connectivity index (χ0v) is 22.7. The molecule has 1 saturated heterocycles. The molecule has 9 heteroatoms. The number of methoxy groups -OCH3 is 2. The molecule has 4 rings (SSSR count). The van der Waals surface area contributed by atoms with E-state index < -0.39 is 11.8 Å². The first kappa shape index (κ1) is 28.5. The Bertz CT molecular complexity index is 1280. The van der Waals surface area contributed by atoms with Gasteiger partial charge in [-0.15, -0.1) is 0 Å². The summed E-state index contributed by atoms with van der Waals surface area (Å²) in [6, 6.07) is 21.3. The molecular weight excluding hydrogens is 512 g/mol. The standard InChI is InChI=1S/C31H34N2O7/c1-36-24-15-11-23(12-16-24)30(34)33-27(31(35)32-21-26-6-5-17-38-26)20-22-9-13-25(14-10-22)39-18-19-40-29-8-4-3-7-28(29)37-2/h3-4,7-16,20,26H,5-6,17-19,21H2,1-2H3,(H,32,35)(H,33,34)/b27-20-. The summed E-state index contributed by atoms with van der Waals surface area (Å²) in [6.45, 7) is 1.74. The average molecular weight is 547 g/mol. The van der Waals surface area contributed by atoms with Gasteiger partial charge in [0.2, 0.25) is 0 Å². The molecule has 0 bridgehead atoms. The summed E-state index contributed by atoms with van der Waals surface area (Å²) in [5, 5.41) is 5.62. The van der Waals surface area contributed by atoms with E-state index in [0.29, 0.717) is 54.9 Å². The van der Waals surface area contributed by atoms with Crippen LogP contribution in [0.4, 0.5) is 0 Å². The van der Waals surface area contributed by atoms with Crippen molar-refractivity contribution in [2.45, 2.75) is 18.9 Å². The molecule has 2 N–H and O–H groups in total. The van der Waals surface area contributed by atoms with E-state index in [0.717, 1.165) is 18.4 Å². The summed E-state index contributed by atoms with van der Waals surface area (Å²) < 4.78 is 27.6. The molecule has 1 heterocycles. The maximum atomic E-state index is 13.1. The predicted octanol–water partition coefficient (Wildman–Crippen LogP) is 4.23. The molecule has 210 valence electrons. The number of rotatable bonds is 13. The second-order valence-electron chi connectivity index (χ2n) is 9.00. The first-order valence-corrected chi connectivity index (χ1v) is 13.1. The van der Waals surface area contributed by atoms with E-state index >= 15 is 0 Å². The van der Waals surface area contributed by atoms with Gasteiger partial charge in [-0.3, -0.25) is 9.59 Å². The number of ether oxygens (including phenoxy) is 5. The van der Waals surface area contributed by atoms with Gasteiger partial charge in [0.15, 0.2) is 11.5 Å². The van der Waals surface area contributed by atoms with Gasteiger partial charge in [-0.25, -0.2) is 0 Å². The SMILES string of the molecule is COc1ccc(C(=O)N/C(=C\c2ccc(OCCOc3ccccc3OC)cc2)C(=O)NCC2CCCO2)cc1. The van der Waals surface area contributed by atoms with Crippen LogP contribution in [0.1, 0.15) is 28.8 Å². The van der Waals surface area contributed by atoms with E-state index in [9.17, 15) is 9.59 Å². The van der Waals surface area contributed by atoms with Gasteiger partial charge < -0.3 is 34.3 Å². The van der Waals surface area contributed by atoms with Crippen molar-refractivity contribution >= 4 is 17.9 Å². The monoisotopic (exact) mass is 546 g/mol. The summed E-state index contributed by atoms with van der Waals surface area (Å²) in [5.74, 6) is 1.79. The Morgan fingerprint density at radius 3 is 2.25 bits per heavy atom. The normalized spacial score (nSPS) is 14.8. The van der Waals surface area contributed by atoms with Crippen LogP contribution in [-0.4, -0.2) is 58.5 Å². The third-order valence-electron chi connectivity index (χ3n) is 6.23. The Kier molecular flexibility index (Phi) is 10.4. The number of carbonyl (C=O) groups is 2. The van der Waals surface area contributed by atoms with Crippen LogP contribution in [0.2, 0.25) is 0 Å². The molecule has 0 spiro atoms. The van der Waals surface area contributed by atoms with Crippen LogP contribution in [0.5, 0.6) is 23.0 Å². The van der Waals surface area contributed by atoms with Crippen molar-refractivity contribution in [3.8, 4) is 23.0 Å². The number of hydrogen-bond donors (Lipinski definition) is 2. The quantitative estimate of drug-likeness (QED) is 0.244. The molecule has 40 heavy (non-hydrogen) atoms. The smallest absolute Gasteiger partial charge is 0.267 e. The van der Waals surface area contributed by atoms with E-state index in [4.69, 9.17) is 23.7 Å². The molecule has 1 fully saturated rings. The van der Waals surface area contributed by atoms with E-state index in [2.05, 4.69) is 10.6 Å². The minimum Gasteiger partial charge on any atom is -0.497 e. The summed E-state index contributed by atoms with van der Waals surface area (Å²) in [4.78, 5) is 26.0. The van der Waals surface area contributed by atoms with Gasteiger partial charge in [-0.2, -0.15) is 0 Å². The highest BCUT2D eigenvalue weighted by atomic mass is 16.5.